The first-order valence-corrected chi connectivity index (χ1v) is 7.97. The summed E-state index contributed by atoms with van der Waals surface area (Å²) in [5, 5.41) is 7.71. The lowest BCUT2D eigenvalue weighted by atomic mass is 10.1. The standard InChI is InChI=1S/C15H16N2O3S/c16-21(19,20)14-9-5-4-8-13(14)17-15(18)11-10-12-6-2-1-3-7-12/h1-9H,10-11H2,(H,17,18)(H2,16,19,20). The highest BCUT2D eigenvalue weighted by Crippen LogP contribution is 2.19. The Morgan fingerprint density at radius 2 is 1.62 bits per heavy atom. The van der Waals surface area contributed by atoms with E-state index in [1.165, 1.54) is 12.1 Å². The van der Waals surface area contributed by atoms with Crippen molar-refractivity contribution in [3.05, 3.63) is 60.2 Å². The number of rotatable bonds is 5. The van der Waals surface area contributed by atoms with Crippen molar-refractivity contribution < 1.29 is 13.2 Å². The highest BCUT2D eigenvalue weighted by molar-refractivity contribution is 7.89. The molecule has 2 rings (SSSR count). The number of amides is 1. The minimum Gasteiger partial charge on any atom is -0.325 e. The fraction of sp³-hybridized carbons (Fsp3) is 0.133. The van der Waals surface area contributed by atoms with Crippen LogP contribution in [0.1, 0.15) is 12.0 Å². The van der Waals surface area contributed by atoms with Crippen molar-refractivity contribution in [3.63, 3.8) is 0 Å². The second-order valence-corrected chi connectivity index (χ2v) is 6.10. The van der Waals surface area contributed by atoms with Crippen LogP contribution in [0.5, 0.6) is 0 Å². The van der Waals surface area contributed by atoms with Crippen molar-refractivity contribution in [3.8, 4) is 0 Å². The zero-order chi connectivity index (χ0) is 15.3. The molecule has 6 heteroatoms. The van der Waals surface area contributed by atoms with E-state index < -0.39 is 10.0 Å². The first-order valence-electron chi connectivity index (χ1n) is 6.42. The Morgan fingerprint density at radius 3 is 2.29 bits per heavy atom. The molecular formula is C15H16N2O3S. The number of aryl methyl sites for hydroxylation is 1. The normalized spacial score (nSPS) is 11.1. The molecule has 0 aliphatic heterocycles. The number of carbonyl (C=O) groups excluding carboxylic acids is 1. The summed E-state index contributed by atoms with van der Waals surface area (Å²) in [4.78, 5) is 11.8. The van der Waals surface area contributed by atoms with E-state index in [4.69, 9.17) is 5.14 Å². The van der Waals surface area contributed by atoms with Crippen LogP contribution in [0, 0.1) is 0 Å². The molecule has 1 amide bonds. The van der Waals surface area contributed by atoms with Gasteiger partial charge in [0, 0.05) is 6.42 Å². The van der Waals surface area contributed by atoms with E-state index in [1.807, 2.05) is 30.3 Å². The highest BCUT2D eigenvalue weighted by Gasteiger charge is 2.14. The second-order valence-electron chi connectivity index (χ2n) is 4.57. The number of nitrogens with one attached hydrogen (secondary N) is 1. The molecule has 0 unspecified atom stereocenters. The summed E-state index contributed by atoms with van der Waals surface area (Å²) < 4.78 is 22.9. The summed E-state index contributed by atoms with van der Waals surface area (Å²) in [5.41, 5.74) is 1.26. The Morgan fingerprint density at radius 1 is 1.00 bits per heavy atom. The van der Waals surface area contributed by atoms with Crippen molar-refractivity contribution >= 4 is 21.6 Å². The lowest BCUT2D eigenvalue weighted by Crippen LogP contribution is -2.18. The maximum Gasteiger partial charge on any atom is 0.240 e. The molecule has 0 radical (unpaired) electrons. The van der Waals surface area contributed by atoms with Gasteiger partial charge in [-0.3, -0.25) is 4.79 Å². The second kappa shape index (κ2) is 6.51. The molecule has 0 heterocycles. The van der Waals surface area contributed by atoms with Gasteiger partial charge in [0.05, 0.1) is 5.69 Å². The van der Waals surface area contributed by atoms with E-state index >= 15 is 0 Å². The summed E-state index contributed by atoms with van der Waals surface area (Å²) in [6, 6.07) is 15.7. The molecule has 0 saturated heterocycles. The number of hydrogen-bond acceptors (Lipinski definition) is 3. The minimum atomic E-state index is -3.86. The van der Waals surface area contributed by atoms with Crippen LogP contribution in [0.15, 0.2) is 59.5 Å². The van der Waals surface area contributed by atoms with Gasteiger partial charge >= 0.3 is 0 Å². The summed E-state index contributed by atoms with van der Waals surface area (Å²) in [6.45, 7) is 0. The molecule has 0 fully saturated rings. The Labute approximate surface area is 123 Å². The number of hydrogen-bond donors (Lipinski definition) is 2. The van der Waals surface area contributed by atoms with Gasteiger partial charge in [-0.2, -0.15) is 0 Å². The highest BCUT2D eigenvalue weighted by atomic mass is 32.2. The molecule has 2 aromatic rings. The average Bonchev–Trinajstić information content (AvgIpc) is 2.46. The number of benzene rings is 2. The van der Waals surface area contributed by atoms with Gasteiger partial charge in [0.1, 0.15) is 4.90 Å². The predicted octanol–water partition coefficient (Wildman–Crippen LogP) is 1.91. The Kier molecular flexibility index (Phi) is 4.72. The van der Waals surface area contributed by atoms with Crippen LogP contribution in [0.25, 0.3) is 0 Å². The molecule has 0 atom stereocenters. The van der Waals surface area contributed by atoms with Gasteiger partial charge < -0.3 is 5.32 Å². The van der Waals surface area contributed by atoms with E-state index in [9.17, 15) is 13.2 Å². The zero-order valence-electron chi connectivity index (χ0n) is 11.3. The molecule has 0 aliphatic carbocycles. The van der Waals surface area contributed by atoms with Gasteiger partial charge in [0.25, 0.3) is 0 Å². The maximum absolute atomic E-state index is 11.9. The number of primary sulfonamides is 1. The van der Waals surface area contributed by atoms with E-state index in [-0.39, 0.29) is 22.9 Å². The van der Waals surface area contributed by atoms with Crippen LogP contribution in [-0.2, 0) is 21.2 Å². The Bertz CT molecular complexity index is 728. The van der Waals surface area contributed by atoms with Gasteiger partial charge in [-0.1, -0.05) is 42.5 Å². The molecular weight excluding hydrogens is 288 g/mol. The zero-order valence-corrected chi connectivity index (χ0v) is 12.1. The number of para-hydroxylation sites is 1. The molecule has 3 N–H and O–H groups in total. The van der Waals surface area contributed by atoms with Crippen molar-refractivity contribution in [2.24, 2.45) is 5.14 Å². The SMILES string of the molecule is NS(=O)(=O)c1ccccc1NC(=O)CCc1ccccc1. The van der Waals surface area contributed by atoms with E-state index in [2.05, 4.69) is 5.32 Å². The van der Waals surface area contributed by atoms with Gasteiger partial charge in [-0.15, -0.1) is 0 Å². The Hall–Kier alpha value is -2.18. The predicted molar refractivity (Wildman–Crippen MR) is 81.2 cm³/mol. The smallest absolute Gasteiger partial charge is 0.240 e. The van der Waals surface area contributed by atoms with Crippen LogP contribution in [0.4, 0.5) is 5.69 Å². The Balaban J connectivity index is 2.04. The van der Waals surface area contributed by atoms with Crippen LogP contribution in [-0.4, -0.2) is 14.3 Å². The van der Waals surface area contributed by atoms with Crippen LogP contribution >= 0.6 is 0 Å². The molecule has 110 valence electrons. The topological polar surface area (TPSA) is 89.3 Å². The first-order chi connectivity index (χ1) is 9.97. The minimum absolute atomic E-state index is 0.0851. The van der Waals surface area contributed by atoms with Gasteiger partial charge in [-0.05, 0) is 24.1 Å². The van der Waals surface area contributed by atoms with Crippen molar-refractivity contribution in [1.29, 1.82) is 0 Å². The largest absolute Gasteiger partial charge is 0.325 e. The van der Waals surface area contributed by atoms with Crippen molar-refractivity contribution in [2.45, 2.75) is 17.7 Å². The summed E-state index contributed by atoms with van der Waals surface area (Å²) in [5.74, 6) is -0.255. The summed E-state index contributed by atoms with van der Waals surface area (Å²) in [6.07, 6.45) is 0.854. The third-order valence-corrected chi connectivity index (χ3v) is 3.92. The molecule has 2 aromatic carbocycles. The van der Waals surface area contributed by atoms with Crippen LogP contribution in [0.3, 0.4) is 0 Å². The molecule has 0 aliphatic rings. The molecule has 5 nitrogen and oxygen atoms in total. The fourth-order valence-electron chi connectivity index (χ4n) is 1.93. The van der Waals surface area contributed by atoms with E-state index in [0.717, 1.165) is 5.56 Å². The summed E-state index contributed by atoms with van der Waals surface area (Å²) in [7, 11) is -3.86. The fourth-order valence-corrected chi connectivity index (χ4v) is 2.63. The molecule has 0 spiro atoms. The first kappa shape index (κ1) is 15.2. The van der Waals surface area contributed by atoms with E-state index in [1.54, 1.807) is 12.1 Å². The van der Waals surface area contributed by atoms with E-state index in [0.29, 0.717) is 6.42 Å². The number of nitrogens with two attached hydrogens (primary N) is 1. The van der Waals surface area contributed by atoms with Crippen LogP contribution in [0.2, 0.25) is 0 Å². The average molecular weight is 304 g/mol. The molecule has 0 bridgehead atoms. The molecule has 21 heavy (non-hydrogen) atoms. The van der Waals surface area contributed by atoms with Crippen molar-refractivity contribution in [1.82, 2.24) is 0 Å². The van der Waals surface area contributed by atoms with Gasteiger partial charge in [0.2, 0.25) is 15.9 Å². The number of sulfonamides is 1. The van der Waals surface area contributed by atoms with Gasteiger partial charge in [0.15, 0.2) is 0 Å². The van der Waals surface area contributed by atoms with Crippen LogP contribution < -0.4 is 10.5 Å². The lowest BCUT2D eigenvalue weighted by Gasteiger charge is -2.09. The third kappa shape index (κ3) is 4.40. The van der Waals surface area contributed by atoms with Crippen molar-refractivity contribution in [2.75, 3.05) is 5.32 Å². The van der Waals surface area contributed by atoms with Gasteiger partial charge in [-0.25, -0.2) is 13.6 Å². The third-order valence-electron chi connectivity index (χ3n) is 2.95. The summed E-state index contributed by atoms with van der Waals surface area (Å²) >= 11 is 0. The molecule has 0 aromatic heterocycles. The number of anilines is 1. The quantitative estimate of drug-likeness (QED) is 0.884. The maximum atomic E-state index is 11.9. The monoisotopic (exact) mass is 304 g/mol. The number of carbonyl (C=O) groups is 1. The molecule has 0 saturated carbocycles. The lowest BCUT2D eigenvalue weighted by molar-refractivity contribution is -0.116.